The molecular formula is C19H23NO2. The predicted molar refractivity (Wildman–Crippen MR) is 90.9 cm³/mol. The molecule has 116 valence electrons. The number of nitrogens with zero attached hydrogens (tertiary/aromatic N) is 1. The number of aliphatic hydroxyl groups excluding tert-OH is 1. The summed E-state index contributed by atoms with van der Waals surface area (Å²) in [6, 6.07) is 17.7. The highest BCUT2D eigenvalue weighted by Crippen LogP contribution is 2.18. The molecule has 2 rings (SSSR count). The van der Waals surface area contributed by atoms with Gasteiger partial charge in [0.1, 0.15) is 5.75 Å². The lowest BCUT2D eigenvalue weighted by Gasteiger charge is -2.19. The van der Waals surface area contributed by atoms with Gasteiger partial charge < -0.3 is 9.84 Å². The van der Waals surface area contributed by atoms with Gasteiger partial charge >= 0.3 is 0 Å². The molecule has 0 heterocycles. The molecule has 3 heteroatoms. The Labute approximate surface area is 132 Å². The van der Waals surface area contributed by atoms with Gasteiger partial charge in [0.2, 0.25) is 0 Å². The molecule has 0 aromatic heterocycles. The third-order valence-electron chi connectivity index (χ3n) is 3.52. The second-order valence-corrected chi connectivity index (χ2v) is 5.29. The predicted octanol–water partition coefficient (Wildman–Crippen LogP) is 3.37. The van der Waals surface area contributed by atoms with E-state index >= 15 is 0 Å². The SMILES string of the molecule is COc1ccccc1C=CCN(C)CC(O)c1ccccc1. The van der Waals surface area contributed by atoms with Gasteiger partial charge in [-0.3, -0.25) is 4.90 Å². The number of likely N-dealkylation sites (N-methyl/N-ethyl adjacent to an activating group) is 1. The quantitative estimate of drug-likeness (QED) is 0.850. The number of rotatable bonds is 7. The lowest BCUT2D eigenvalue weighted by atomic mass is 10.1. The highest BCUT2D eigenvalue weighted by atomic mass is 16.5. The maximum Gasteiger partial charge on any atom is 0.126 e. The van der Waals surface area contributed by atoms with E-state index in [4.69, 9.17) is 4.74 Å². The van der Waals surface area contributed by atoms with E-state index in [2.05, 4.69) is 11.0 Å². The zero-order valence-electron chi connectivity index (χ0n) is 13.1. The lowest BCUT2D eigenvalue weighted by molar-refractivity contribution is 0.132. The van der Waals surface area contributed by atoms with Crippen molar-refractivity contribution in [1.29, 1.82) is 0 Å². The van der Waals surface area contributed by atoms with Crippen LogP contribution in [-0.2, 0) is 0 Å². The van der Waals surface area contributed by atoms with Crippen LogP contribution in [0.4, 0.5) is 0 Å². The summed E-state index contributed by atoms with van der Waals surface area (Å²) >= 11 is 0. The second kappa shape index (κ2) is 8.37. The Kier molecular flexibility index (Phi) is 6.19. The van der Waals surface area contributed by atoms with Gasteiger partial charge in [-0.2, -0.15) is 0 Å². The summed E-state index contributed by atoms with van der Waals surface area (Å²) in [5.74, 6) is 0.866. The summed E-state index contributed by atoms with van der Waals surface area (Å²) in [6.45, 7) is 1.36. The van der Waals surface area contributed by atoms with Gasteiger partial charge in [0.25, 0.3) is 0 Å². The summed E-state index contributed by atoms with van der Waals surface area (Å²) in [5, 5.41) is 10.2. The van der Waals surface area contributed by atoms with Crippen molar-refractivity contribution >= 4 is 6.08 Å². The van der Waals surface area contributed by atoms with Crippen LogP contribution in [0.2, 0.25) is 0 Å². The average Bonchev–Trinajstić information content (AvgIpc) is 2.56. The molecule has 0 aliphatic carbocycles. The fourth-order valence-corrected chi connectivity index (χ4v) is 2.31. The highest BCUT2D eigenvalue weighted by molar-refractivity contribution is 5.57. The molecule has 22 heavy (non-hydrogen) atoms. The third kappa shape index (κ3) is 4.72. The Bertz CT molecular complexity index is 595. The van der Waals surface area contributed by atoms with Gasteiger partial charge in [-0.15, -0.1) is 0 Å². The first-order valence-corrected chi connectivity index (χ1v) is 7.42. The average molecular weight is 297 g/mol. The minimum Gasteiger partial charge on any atom is -0.496 e. The summed E-state index contributed by atoms with van der Waals surface area (Å²) in [6.07, 6.45) is 3.66. The van der Waals surface area contributed by atoms with Gasteiger partial charge in [-0.25, -0.2) is 0 Å². The molecule has 0 saturated carbocycles. The molecule has 1 atom stereocenters. The first-order chi connectivity index (χ1) is 10.7. The lowest BCUT2D eigenvalue weighted by Crippen LogP contribution is -2.24. The van der Waals surface area contributed by atoms with Gasteiger partial charge in [-0.05, 0) is 18.7 Å². The molecule has 0 amide bonds. The third-order valence-corrected chi connectivity index (χ3v) is 3.52. The smallest absolute Gasteiger partial charge is 0.126 e. The Hall–Kier alpha value is -2.10. The number of hydrogen-bond donors (Lipinski definition) is 1. The molecule has 0 radical (unpaired) electrons. The number of aliphatic hydroxyl groups is 1. The molecule has 0 saturated heterocycles. The highest BCUT2D eigenvalue weighted by Gasteiger charge is 2.09. The van der Waals surface area contributed by atoms with Crippen molar-refractivity contribution in [3.05, 3.63) is 71.8 Å². The minimum atomic E-state index is -0.467. The van der Waals surface area contributed by atoms with E-state index in [0.717, 1.165) is 23.4 Å². The molecule has 0 aliphatic heterocycles. The fourth-order valence-electron chi connectivity index (χ4n) is 2.31. The van der Waals surface area contributed by atoms with Crippen LogP contribution in [0.1, 0.15) is 17.2 Å². The van der Waals surface area contributed by atoms with Gasteiger partial charge in [-0.1, -0.05) is 60.7 Å². The molecule has 0 aliphatic rings. The monoisotopic (exact) mass is 297 g/mol. The van der Waals surface area contributed by atoms with E-state index in [1.807, 2.05) is 67.7 Å². The minimum absolute atomic E-state index is 0.467. The van der Waals surface area contributed by atoms with E-state index < -0.39 is 6.10 Å². The van der Waals surface area contributed by atoms with Crippen LogP contribution in [0.25, 0.3) is 6.08 Å². The molecule has 1 N–H and O–H groups in total. The van der Waals surface area contributed by atoms with E-state index in [1.54, 1.807) is 7.11 Å². The summed E-state index contributed by atoms with van der Waals surface area (Å²) < 4.78 is 5.32. The molecular weight excluding hydrogens is 274 g/mol. The van der Waals surface area contributed by atoms with Crippen LogP contribution in [-0.4, -0.2) is 37.3 Å². The first kappa shape index (κ1) is 16.3. The van der Waals surface area contributed by atoms with Crippen LogP contribution < -0.4 is 4.74 Å². The number of ether oxygens (including phenoxy) is 1. The molecule has 2 aromatic rings. The second-order valence-electron chi connectivity index (χ2n) is 5.29. The van der Waals surface area contributed by atoms with Crippen LogP contribution >= 0.6 is 0 Å². The molecule has 0 spiro atoms. The van der Waals surface area contributed by atoms with Crippen molar-refractivity contribution in [2.45, 2.75) is 6.10 Å². The topological polar surface area (TPSA) is 32.7 Å². The van der Waals surface area contributed by atoms with Crippen LogP contribution in [0.5, 0.6) is 5.75 Å². The Morgan fingerprint density at radius 2 is 1.77 bits per heavy atom. The Morgan fingerprint density at radius 3 is 2.50 bits per heavy atom. The van der Waals surface area contributed by atoms with Crippen molar-refractivity contribution in [3.8, 4) is 5.75 Å². The molecule has 0 bridgehead atoms. The van der Waals surface area contributed by atoms with E-state index in [0.29, 0.717) is 6.54 Å². The molecule has 0 fully saturated rings. The van der Waals surface area contributed by atoms with Crippen molar-refractivity contribution in [1.82, 2.24) is 4.90 Å². The fraction of sp³-hybridized carbons (Fsp3) is 0.263. The first-order valence-electron chi connectivity index (χ1n) is 7.42. The number of methoxy groups -OCH3 is 1. The number of hydrogen-bond acceptors (Lipinski definition) is 3. The summed E-state index contributed by atoms with van der Waals surface area (Å²) in [4.78, 5) is 2.09. The van der Waals surface area contributed by atoms with E-state index in [1.165, 1.54) is 0 Å². The van der Waals surface area contributed by atoms with Crippen molar-refractivity contribution in [2.75, 3.05) is 27.2 Å². The van der Waals surface area contributed by atoms with Crippen LogP contribution in [0, 0.1) is 0 Å². The zero-order chi connectivity index (χ0) is 15.8. The van der Waals surface area contributed by atoms with Crippen LogP contribution in [0.15, 0.2) is 60.7 Å². The van der Waals surface area contributed by atoms with Crippen molar-refractivity contribution < 1.29 is 9.84 Å². The van der Waals surface area contributed by atoms with Gasteiger partial charge in [0.05, 0.1) is 13.2 Å². The van der Waals surface area contributed by atoms with E-state index in [-0.39, 0.29) is 0 Å². The zero-order valence-corrected chi connectivity index (χ0v) is 13.1. The molecule has 2 aromatic carbocycles. The molecule has 3 nitrogen and oxygen atoms in total. The maximum atomic E-state index is 10.2. The Morgan fingerprint density at radius 1 is 1.09 bits per heavy atom. The maximum absolute atomic E-state index is 10.2. The molecule has 1 unspecified atom stereocenters. The van der Waals surface area contributed by atoms with Crippen LogP contribution in [0.3, 0.4) is 0 Å². The Balaban J connectivity index is 1.87. The van der Waals surface area contributed by atoms with E-state index in [9.17, 15) is 5.11 Å². The van der Waals surface area contributed by atoms with Crippen molar-refractivity contribution in [2.24, 2.45) is 0 Å². The largest absolute Gasteiger partial charge is 0.496 e. The van der Waals surface area contributed by atoms with Crippen molar-refractivity contribution in [3.63, 3.8) is 0 Å². The van der Waals surface area contributed by atoms with Gasteiger partial charge in [0, 0.05) is 18.7 Å². The summed E-state index contributed by atoms with van der Waals surface area (Å²) in [7, 11) is 3.67. The number of para-hydroxylation sites is 1. The standard InChI is InChI=1S/C19H23NO2/c1-20(15-18(21)16-9-4-3-5-10-16)14-8-12-17-11-6-7-13-19(17)22-2/h3-13,18,21H,14-15H2,1-2H3. The van der Waals surface area contributed by atoms with Gasteiger partial charge in [0.15, 0.2) is 0 Å². The number of benzene rings is 2. The summed E-state index contributed by atoms with van der Waals surface area (Å²) in [5.41, 5.74) is 2.00. The normalized spacial score (nSPS) is 12.7.